The Bertz CT molecular complexity index is 594. The number of carbonyl (C=O) groups is 1. The normalized spacial score (nSPS) is 9.78. The van der Waals surface area contributed by atoms with Crippen LogP contribution >= 0.6 is 15.9 Å². The first-order valence-electron chi connectivity index (χ1n) is 5.41. The van der Waals surface area contributed by atoms with Gasteiger partial charge in [0.05, 0.1) is 11.9 Å². The molecule has 3 heteroatoms. The van der Waals surface area contributed by atoms with E-state index in [2.05, 4.69) is 20.8 Å². The number of rotatable bonds is 3. The van der Waals surface area contributed by atoms with Gasteiger partial charge in [0.25, 0.3) is 0 Å². The van der Waals surface area contributed by atoms with Gasteiger partial charge in [-0.3, -0.25) is 4.79 Å². The summed E-state index contributed by atoms with van der Waals surface area (Å²) in [6.45, 7) is 6.90. The van der Waals surface area contributed by atoms with Crippen molar-refractivity contribution < 1.29 is 4.79 Å². The summed E-state index contributed by atoms with van der Waals surface area (Å²) in [4.78, 5) is 14.8. The van der Waals surface area contributed by atoms with Crippen LogP contribution in [-0.2, 0) is 0 Å². The molecule has 2 rings (SSSR count). The summed E-state index contributed by atoms with van der Waals surface area (Å²) in [5.74, 6) is 0.0740. The van der Waals surface area contributed by atoms with E-state index in [0.717, 1.165) is 11.1 Å². The first-order valence-corrected chi connectivity index (χ1v) is 6.54. The molecule has 0 saturated heterocycles. The first-order chi connectivity index (χ1) is 8.74. The van der Waals surface area contributed by atoms with Gasteiger partial charge in [-0.25, -0.2) is 4.85 Å². The smallest absolute Gasteiger partial charge is 0.187 e. The average molecular weight is 300 g/mol. The first kappa shape index (κ1) is 12.5. The Kier molecular flexibility index (Phi) is 3.91. The van der Waals surface area contributed by atoms with Crippen molar-refractivity contribution in [1.82, 2.24) is 0 Å². The summed E-state index contributed by atoms with van der Waals surface area (Å²) < 4.78 is 0. The molecule has 0 N–H and O–H groups in total. The van der Waals surface area contributed by atoms with Crippen LogP contribution in [0.1, 0.15) is 10.4 Å². The maximum Gasteiger partial charge on any atom is 0.187 e. The number of nitrogens with zero attached hydrogens (tertiary/aromatic N) is 1. The van der Waals surface area contributed by atoms with Gasteiger partial charge in [-0.05, 0) is 11.1 Å². The SMILES string of the molecule is [C-]#[N+]c1ccc(-c2ccc(C(=O)CBr)cc2)cc1. The third kappa shape index (κ3) is 2.66. The molecule has 18 heavy (non-hydrogen) atoms. The highest BCUT2D eigenvalue weighted by atomic mass is 79.9. The van der Waals surface area contributed by atoms with E-state index in [0.29, 0.717) is 16.6 Å². The molecule has 88 valence electrons. The van der Waals surface area contributed by atoms with Crippen molar-refractivity contribution in [2.75, 3.05) is 5.33 Å². The molecular formula is C15H10BrNO. The third-order valence-electron chi connectivity index (χ3n) is 2.66. The van der Waals surface area contributed by atoms with Crippen molar-refractivity contribution in [3.05, 3.63) is 65.5 Å². The number of halogens is 1. The van der Waals surface area contributed by atoms with Crippen molar-refractivity contribution in [3.63, 3.8) is 0 Å². The highest BCUT2D eigenvalue weighted by Crippen LogP contribution is 2.23. The highest BCUT2D eigenvalue weighted by Gasteiger charge is 2.04. The minimum atomic E-state index is 0.0740. The minimum absolute atomic E-state index is 0.0740. The molecule has 0 aliphatic carbocycles. The highest BCUT2D eigenvalue weighted by molar-refractivity contribution is 9.09. The molecule has 0 radical (unpaired) electrons. The van der Waals surface area contributed by atoms with Crippen LogP contribution in [0.3, 0.4) is 0 Å². The lowest BCUT2D eigenvalue weighted by Crippen LogP contribution is -1.98. The molecule has 2 aromatic carbocycles. The summed E-state index contributed by atoms with van der Waals surface area (Å²) in [6.07, 6.45) is 0. The molecule has 0 aliphatic heterocycles. The van der Waals surface area contributed by atoms with E-state index >= 15 is 0 Å². The molecule has 0 aromatic heterocycles. The summed E-state index contributed by atoms with van der Waals surface area (Å²) in [7, 11) is 0. The van der Waals surface area contributed by atoms with Gasteiger partial charge in [-0.2, -0.15) is 0 Å². The Morgan fingerprint density at radius 2 is 1.50 bits per heavy atom. The second kappa shape index (κ2) is 5.61. The maximum absolute atomic E-state index is 11.5. The van der Waals surface area contributed by atoms with Crippen molar-refractivity contribution in [2.45, 2.75) is 0 Å². The molecule has 0 unspecified atom stereocenters. The summed E-state index contributed by atoms with van der Waals surface area (Å²) in [5, 5.41) is 0.339. The zero-order valence-corrected chi connectivity index (χ0v) is 11.1. The lowest BCUT2D eigenvalue weighted by molar-refractivity contribution is 0.102. The summed E-state index contributed by atoms with van der Waals surface area (Å²) >= 11 is 3.15. The van der Waals surface area contributed by atoms with Gasteiger partial charge in [0, 0.05) is 5.56 Å². The van der Waals surface area contributed by atoms with Gasteiger partial charge >= 0.3 is 0 Å². The topological polar surface area (TPSA) is 21.4 Å². The van der Waals surface area contributed by atoms with Crippen molar-refractivity contribution in [1.29, 1.82) is 0 Å². The van der Waals surface area contributed by atoms with Gasteiger partial charge in [0.1, 0.15) is 0 Å². The molecule has 0 bridgehead atoms. The number of hydrogen-bond acceptors (Lipinski definition) is 1. The largest absolute Gasteiger partial charge is 0.293 e. The average Bonchev–Trinajstić information content (AvgIpc) is 2.47. The van der Waals surface area contributed by atoms with Gasteiger partial charge in [0.2, 0.25) is 0 Å². The fraction of sp³-hybridized carbons (Fsp3) is 0.0667. The fourth-order valence-electron chi connectivity index (χ4n) is 1.65. The van der Waals surface area contributed by atoms with E-state index in [1.807, 2.05) is 36.4 Å². The van der Waals surface area contributed by atoms with Crippen LogP contribution in [-0.4, -0.2) is 11.1 Å². The van der Waals surface area contributed by atoms with Crippen LogP contribution in [0.15, 0.2) is 48.5 Å². The van der Waals surface area contributed by atoms with Crippen molar-refractivity contribution >= 4 is 27.4 Å². The van der Waals surface area contributed by atoms with Crippen molar-refractivity contribution in [3.8, 4) is 11.1 Å². The lowest BCUT2D eigenvalue weighted by atomic mass is 10.0. The van der Waals surface area contributed by atoms with Crippen LogP contribution in [0, 0.1) is 6.57 Å². The predicted octanol–water partition coefficient (Wildman–Crippen LogP) is 4.48. The molecule has 2 nitrogen and oxygen atoms in total. The molecule has 0 saturated carbocycles. The number of carbonyl (C=O) groups excluding carboxylic acids is 1. The molecule has 0 atom stereocenters. The fourth-order valence-corrected chi connectivity index (χ4v) is 1.98. The molecule has 0 fully saturated rings. The van der Waals surface area contributed by atoms with E-state index < -0.39 is 0 Å². The van der Waals surface area contributed by atoms with E-state index in [1.165, 1.54) is 0 Å². The molecule has 0 aliphatic rings. The van der Waals surface area contributed by atoms with Crippen LogP contribution in [0.5, 0.6) is 0 Å². The molecule has 2 aromatic rings. The zero-order chi connectivity index (χ0) is 13.0. The second-order valence-corrected chi connectivity index (χ2v) is 4.35. The Hall–Kier alpha value is -1.92. The Morgan fingerprint density at radius 3 is 1.94 bits per heavy atom. The monoisotopic (exact) mass is 299 g/mol. The Balaban J connectivity index is 2.29. The number of alkyl halides is 1. The number of hydrogen-bond donors (Lipinski definition) is 0. The Morgan fingerprint density at radius 1 is 1.00 bits per heavy atom. The Labute approximate surface area is 114 Å². The summed E-state index contributed by atoms with van der Waals surface area (Å²) in [6, 6.07) is 14.9. The van der Waals surface area contributed by atoms with Gasteiger partial charge < -0.3 is 0 Å². The molecule has 0 spiro atoms. The standard InChI is InChI=1S/C15H10BrNO/c1-17-14-8-6-12(7-9-14)11-2-4-13(5-3-11)15(18)10-16/h2-9H,10H2. The second-order valence-electron chi connectivity index (χ2n) is 3.79. The van der Waals surface area contributed by atoms with Crippen LogP contribution in [0.4, 0.5) is 5.69 Å². The van der Waals surface area contributed by atoms with E-state index in [4.69, 9.17) is 6.57 Å². The predicted molar refractivity (Wildman–Crippen MR) is 76.3 cm³/mol. The van der Waals surface area contributed by atoms with Crippen molar-refractivity contribution in [2.24, 2.45) is 0 Å². The molecular weight excluding hydrogens is 290 g/mol. The van der Waals surface area contributed by atoms with Gasteiger partial charge in [0.15, 0.2) is 11.5 Å². The zero-order valence-electron chi connectivity index (χ0n) is 9.56. The van der Waals surface area contributed by atoms with Crippen LogP contribution < -0.4 is 0 Å². The third-order valence-corrected chi connectivity index (χ3v) is 3.17. The van der Waals surface area contributed by atoms with Crippen LogP contribution in [0.2, 0.25) is 0 Å². The number of ketones is 1. The number of benzene rings is 2. The van der Waals surface area contributed by atoms with E-state index in [1.54, 1.807) is 12.1 Å². The van der Waals surface area contributed by atoms with Gasteiger partial charge in [-0.1, -0.05) is 64.5 Å². The van der Waals surface area contributed by atoms with E-state index in [-0.39, 0.29) is 5.78 Å². The molecule has 0 amide bonds. The lowest BCUT2D eigenvalue weighted by Gasteiger charge is -2.03. The minimum Gasteiger partial charge on any atom is -0.293 e. The quantitative estimate of drug-likeness (QED) is 0.465. The number of Topliss-reactive ketones (excluding diaryl/α,β-unsaturated/α-hetero) is 1. The summed E-state index contributed by atoms with van der Waals surface area (Å²) in [5.41, 5.74) is 3.41. The maximum atomic E-state index is 11.5. The molecule has 0 heterocycles. The van der Waals surface area contributed by atoms with E-state index in [9.17, 15) is 4.79 Å². The van der Waals surface area contributed by atoms with Crippen LogP contribution in [0.25, 0.3) is 16.0 Å². The van der Waals surface area contributed by atoms with Gasteiger partial charge in [-0.15, -0.1) is 0 Å².